The Morgan fingerprint density at radius 1 is 1.07 bits per heavy atom. The van der Waals surface area contributed by atoms with Gasteiger partial charge in [0.25, 0.3) is 5.91 Å². The second kappa shape index (κ2) is 6.83. The van der Waals surface area contributed by atoms with Crippen LogP contribution in [0.25, 0.3) is 16.3 Å². The number of carbonyl (C=O) groups is 1. The molecular formula is C23H24N2OS. The molecule has 0 atom stereocenters. The van der Waals surface area contributed by atoms with Crippen LogP contribution in [-0.2, 0) is 4.79 Å². The van der Waals surface area contributed by atoms with Gasteiger partial charge in [-0.3, -0.25) is 4.79 Å². The van der Waals surface area contributed by atoms with E-state index in [0.717, 1.165) is 61.2 Å². The molecule has 0 radical (unpaired) electrons. The first-order valence-corrected chi connectivity index (χ1v) is 11.2. The summed E-state index contributed by atoms with van der Waals surface area (Å²) in [5.41, 5.74) is 6.65. The number of anilines is 1. The number of amides is 1. The summed E-state index contributed by atoms with van der Waals surface area (Å²) in [4.78, 5) is 19.6. The monoisotopic (exact) mass is 376 g/mol. The highest BCUT2D eigenvalue weighted by Gasteiger charge is 2.35. The molecule has 3 aliphatic rings. The van der Waals surface area contributed by atoms with Crippen LogP contribution in [0.3, 0.4) is 0 Å². The van der Waals surface area contributed by atoms with E-state index < -0.39 is 0 Å². The maximum absolute atomic E-state index is 12.6. The summed E-state index contributed by atoms with van der Waals surface area (Å²) in [6.07, 6.45) is 4.23. The van der Waals surface area contributed by atoms with Crippen molar-refractivity contribution in [1.82, 2.24) is 0 Å². The van der Waals surface area contributed by atoms with Crippen LogP contribution in [0.4, 0.5) is 5.69 Å². The summed E-state index contributed by atoms with van der Waals surface area (Å²) >= 11 is 2.04. The molecule has 3 nitrogen and oxygen atoms in total. The van der Waals surface area contributed by atoms with Crippen molar-refractivity contribution < 1.29 is 4.79 Å². The van der Waals surface area contributed by atoms with E-state index in [1.54, 1.807) is 0 Å². The van der Waals surface area contributed by atoms with Crippen molar-refractivity contribution in [1.29, 1.82) is 0 Å². The van der Waals surface area contributed by atoms with Crippen LogP contribution in [0.15, 0.2) is 40.9 Å². The Kier molecular flexibility index (Phi) is 4.31. The number of hydrogen-bond donors (Lipinski definition) is 0. The molecule has 1 fully saturated rings. The third-order valence-electron chi connectivity index (χ3n) is 5.93. The molecule has 0 bridgehead atoms. The van der Waals surface area contributed by atoms with Crippen LogP contribution >= 0.6 is 11.8 Å². The number of fused-ring (bicyclic) bond motifs is 3. The number of benzene rings is 2. The van der Waals surface area contributed by atoms with E-state index in [1.807, 2.05) is 11.8 Å². The Hall–Kier alpha value is -2.07. The second-order valence-electron chi connectivity index (χ2n) is 7.54. The van der Waals surface area contributed by atoms with Gasteiger partial charge in [-0.2, -0.15) is 11.8 Å². The van der Waals surface area contributed by atoms with Crippen molar-refractivity contribution in [3.05, 3.63) is 47.0 Å². The van der Waals surface area contributed by atoms with Crippen LogP contribution in [0.5, 0.6) is 0 Å². The average molecular weight is 377 g/mol. The number of carbonyl (C=O) groups excluding carboxylic acids is 1. The maximum atomic E-state index is 12.6. The smallest absolute Gasteiger partial charge is 0.274 e. The lowest BCUT2D eigenvalue weighted by Gasteiger charge is -2.29. The molecular weight excluding hydrogens is 352 g/mol. The van der Waals surface area contributed by atoms with Gasteiger partial charge in [0.1, 0.15) is 0 Å². The molecule has 1 aliphatic carbocycles. The third-order valence-corrected chi connectivity index (χ3v) is 6.88. The zero-order valence-corrected chi connectivity index (χ0v) is 16.6. The summed E-state index contributed by atoms with van der Waals surface area (Å²) < 4.78 is 0. The molecule has 27 heavy (non-hydrogen) atoms. The molecule has 2 heterocycles. The van der Waals surface area contributed by atoms with Crippen molar-refractivity contribution in [3.63, 3.8) is 0 Å². The highest BCUT2D eigenvalue weighted by Crippen LogP contribution is 2.46. The van der Waals surface area contributed by atoms with E-state index >= 15 is 0 Å². The molecule has 0 N–H and O–H groups in total. The average Bonchev–Trinajstić information content (AvgIpc) is 3.19. The lowest BCUT2D eigenvalue weighted by atomic mass is 9.96. The predicted molar refractivity (Wildman–Crippen MR) is 116 cm³/mol. The molecule has 138 valence electrons. The van der Waals surface area contributed by atoms with Gasteiger partial charge in [0.2, 0.25) is 0 Å². The van der Waals surface area contributed by atoms with Gasteiger partial charge in [-0.15, -0.1) is 0 Å². The molecule has 0 saturated carbocycles. The standard InChI is InChI=1S/C23H24N2OS/c1-2-3-4-6-18-21-16-9-10-19(25-11-13-27-14-12-25)15-7-5-8-17(20(15)16)22(21)24-23(18)26/h5,7-10H,2-4,6,11-14H2,1H3. The minimum absolute atomic E-state index is 0.0177. The van der Waals surface area contributed by atoms with Gasteiger partial charge in [-0.05, 0) is 24.5 Å². The Morgan fingerprint density at radius 3 is 2.74 bits per heavy atom. The Labute approximate surface area is 164 Å². The van der Waals surface area contributed by atoms with Gasteiger partial charge < -0.3 is 4.90 Å². The molecule has 0 spiro atoms. The van der Waals surface area contributed by atoms with Crippen LogP contribution < -0.4 is 4.90 Å². The van der Waals surface area contributed by atoms with Crippen molar-refractivity contribution >= 4 is 45.4 Å². The number of allylic oxidation sites excluding steroid dienone is 1. The fourth-order valence-corrected chi connectivity index (χ4v) is 5.52. The fraction of sp³-hybridized carbons (Fsp3) is 0.391. The van der Waals surface area contributed by atoms with E-state index in [4.69, 9.17) is 0 Å². The van der Waals surface area contributed by atoms with Crippen molar-refractivity contribution in [2.24, 2.45) is 4.99 Å². The Balaban J connectivity index is 1.65. The van der Waals surface area contributed by atoms with Crippen LogP contribution in [0.2, 0.25) is 0 Å². The van der Waals surface area contributed by atoms with Crippen LogP contribution in [0.1, 0.15) is 43.7 Å². The van der Waals surface area contributed by atoms with Gasteiger partial charge in [-0.1, -0.05) is 44.0 Å². The SMILES string of the molecule is CCCCCC1=C2C(=NC1=O)c1cccc3c(N4CCSCC4)ccc2c13. The number of nitrogens with zero attached hydrogens (tertiary/aromatic N) is 2. The van der Waals surface area contributed by atoms with E-state index in [0.29, 0.717) is 0 Å². The number of hydrogen-bond acceptors (Lipinski definition) is 3. The fourth-order valence-electron chi connectivity index (χ4n) is 4.62. The predicted octanol–water partition coefficient (Wildman–Crippen LogP) is 5.07. The second-order valence-corrected chi connectivity index (χ2v) is 8.76. The minimum atomic E-state index is -0.0177. The first-order chi connectivity index (χ1) is 13.3. The van der Waals surface area contributed by atoms with Gasteiger partial charge >= 0.3 is 0 Å². The first-order valence-electron chi connectivity index (χ1n) is 10.1. The van der Waals surface area contributed by atoms with Gasteiger partial charge in [0.15, 0.2) is 0 Å². The summed E-state index contributed by atoms with van der Waals surface area (Å²) in [5.74, 6) is 2.36. The number of unbranched alkanes of at least 4 members (excludes halogenated alkanes) is 2. The quantitative estimate of drug-likeness (QED) is 0.683. The number of aliphatic imine (C=N–C) groups is 1. The van der Waals surface area contributed by atoms with Gasteiger partial charge in [0.05, 0.1) is 5.71 Å². The summed E-state index contributed by atoms with van der Waals surface area (Å²) in [7, 11) is 0. The van der Waals surface area contributed by atoms with E-state index in [-0.39, 0.29) is 5.91 Å². The summed E-state index contributed by atoms with van der Waals surface area (Å²) in [5, 5.41) is 2.60. The van der Waals surface area contributed by atoms with Crippen LogP contribution in [-0.4, -0.2) is 36.2 Å². The van der Waals surface area contributed by atoms with Crippen molar-refractivity contribution in [2.75, 3.05) is 29.5 Å². The van der Waals surface area contributed by atoms with Gasteiger partial charge in [0, 0.05) is 57.8 Å². The molecule has 4 heteroatoms. The maximum Gasteiger partial charge on any atom is 0.274 e. The highest BCUT2D eigenvalue weighted by atomic mass is 32.2. The lowest BCUT2D eigenvalue weighted by molar-refractivity contribution is -0.114. The summed E-state index contributed by atoms with van der Waals surface area (Å²) in [6.45, 7) is 4.41. The Morgan fingerprint density at radius 2 is 1.93 bits per heavy atom. The van der Waals surface area contributed by atoms with Gasteiger partial charge in [-0.25, -0.2) is 4.99 Å². The molecule has 2 aromatic carbocycles. The normalized spacial score (nSPS) is 18.5. The molecule has 0 aromatic heterocycles. The molecule has 2 aliphatic heterocycles. The largest absolute Gasteiger partial charge is 0.369 e. The van der Waals surface area contributed by atoms with Crippen LogP contribution in [0, 0.1) is 0 Å². The van der Waals surface area contributed by atoms with E-state index in [2.05, 4.69) is 47.1 Å². The molecule has 5 rings (SSSR count). The number of rotatable bonds is 5. The first kappa shape index (κ1) is 17.1. The highest BCUT2D eigenvalue weighted by molar-refractivity contribution is 7.99. The molecule has 1 saturated heterocycles. The molecule has 0 unspecified atom stereocenters. The summed E-state index contributed by atoms with van der Waals surface area (Å²) in [6, 6.07) is 11.0. The molecule has 1 amide bonds. The topological polar surface area (TPSA) is 32.7 Å². The molecule has 2 aromatic rings. The minimum Gasteiger partial charge on any atom is -0.369 e. The van der Waals surface area contributed by atoms with E-state index in [9.17, 15) is 4.79 Å². The number of thioether (sulfide) groups is 1. The Bertz CT molecular complexity index is 999. The zero-order valence-electron chi connectivity index (χ0n) is 15.8. The third kappa shape index (κ3) is 2.65. The lowest BCUT2D eigenvalue weighted by Crippen LogP contribution is -2.32. The van der Waals surface area contributed by atoms with Crippen molar-refractivity contribution in [3.8, 4) is 0 Å². The van der Waals surface area contributed by atoms with E-state index in [1.165, 1.54) is 33.5 Å². The van der Waals surface area contributed by atoms with Crippen molar-refractivity contribution in [2.45, 2.75) is 32.6 Å². The zero-order chi connectivity index (χ0) is 18.4.